The van der Waals surface area contributed by atoms with Crippen molar-refractivity contribution < 1.29 is 19.4 Å². The summed E-state index contributed by atoms with van der Waals surface area (Å²) >= 11 is 8.42. The maximum atomic E-state index is 12.6. The van der Waals surface area contributed by atoms with Gasteiger partial charge in [0, 0.05) is 11.3 Å². The minimum atomic E-state index is -0.612. The predicted octanol–water partition coefficient (Wildman–Crippen LogP) is 3.20. The first kappa shape index (κ1) is 19.2. The van der Waals surface area contributed by atoms with Gasteiger partial charge in [0.15, 0.2) is 16.3 Å². The highest BCUT2D eigenvalue weighted by molar-refractivity contribution is 9.10. The number of nitrogens with one attached hydrogen (secondary N) is 2. The number of nitrogens with zero attached hydrogens (tertiary/aromatic N) is 1. The molecule has 1 atom stereocenters. The van der Waals surface area contributed by atoms with Crippen LogP contribution >= 0.6 is 28.1 Å². The number of ether oxygens (including phenoxy) is 2. The van der Waals surface area contributed by atoms with Crippen LogP contribution in [0.15, 0.2) is 27.9 Å². The summed E-state index contributed by atoms with van der Waals surface area (Å²) in [6.07, 6.45) is 0. The lowest BCUT2D eigenvalue weighted by molar-refractivity contribution is -0.136. The number of nitrogen functional groups attached to an aromatic ring is 1. The Labute approximate surface area is 168 Å². The molecular formula is C17H17BrN4O4S. The van der Waals surface area contributed by atoms with E-state index in [1.54, 1.807) is 19.1 Å². The molecule has 8 nitrogen and oxygen atoms in total. The zero-order valence-corrected chi connectivity index (χ0v) is 17.1. The molecule has 0 amide bonds. The minimum Gasteiger partial charge on any atom is -0.503 e. The van der Waals surface area contributed by atoms with Crippen LogP contribution in [0.3, 0.4) is 0 Å². The van der Waals surface area contributed by atoms with Crippen molar-refractivity contribution >= 4 is 45.8 Å². The third-order valence-corrected chi connectivity index (χ3v) is 5.09. The smallest absolute Gasteiger partial charge is 0.336 e. The molecule has 1 aromatic carbocycles. The summed E-state index contributed by atoms with van der Waals surface area (Å²) in [7, 11) is 2.75. The zero-order valence-electron chi connectivity index (χ0n) is 14.7. The fourth-order valence-corrected chi connectivity index (χ4v) is 3.78. The van der Waals surface area contributed by atoms with Gasteiger partial charge in [0.1, 0.15) is 11.6 Å². The van der Waals surface area contributed by atoms with Crippen molar-refractivity contribution in [1.82, 2.24) is 9.97 Å². The van der Waals surface area contributed by atoms with Gasteiger partial charge in [-0.05, 0) is 52.8 Å². The number of anilines is 2. The number of benzene rings is 1. The maximum Gasteiger partial charge on any atom is 0.336 e. The second-order valence-corrected chi connectivity index (χ2v) is 7.10. The predicted molar refractivity (Wildman–Crippen MR) is 106 cm³/mol. The molecule has 0 aliphatic carbocycles. The number of esters is 1. The summed E-state index contributed by atoms with van der Waals surface area (Å²) < 4.78 is 10.9. The second kappa shape index (κ2) is 7.20. The number of aromatic hydroxyl groups is 1. The Hall–Kier alpha value is -2.59. The second-order valence-electron chi connectivity index (χ2n) is 5.86. The number of aromatic nitrogens is 2. The number of rotatable bonds is 3. The number of allylic oxidation sites excluding steroid dienone is 1. The van der Waals surface area contributed by atoms with E-state index in [1.807, 2.05) is 0 Å². The lowest BCUT2D eigenvalue weighted by atomic mass is 9.82. The van der Waals surface area contributed by atoms with Gasteiger partial charge in [-0.1, -0.05) is 0 Å². The van der Waals surface area contributed by atoms with Crippen LogP contribution in [0.25, 0.3) is 0 Å². The highest BCUT2D eigenvalue weighted by atomic mass is 79.9. The molecular weight excluding hydrogens is 436 g/mol. The van der Waals surface area contributed by atoms with Gasteiger partial charge in [0.05, 0.1) is 30.2 Å². The summed E-state index contributed by atoms with van der Waals surface area (Å²) in [4.78, 5) is 19.7. The highest BCUT2D eigenvalue weighted by Crippen LogP contribution is 2.46. The van der Waals surface area contributed by atoms with E-state index < -0.39 is 11.9 Å². The van der Waals surface area contributed by atoms with E-state index in [4.69, 9.17) is 27.4 Å². The Kier molecular flexibility index (Phi) is 5.11. The minimum absolute atomic E-state index is 0.0470. The molecule has 10 heteroatoms. The number of phenols is 1. The summed E-state index contributed by atoms with van der Waals surface area (Å²) in [5.74, 6) is -0.195. The molecule has 1 aliphatic heterocycles. The van der Waals surface area contributed by atoms with Crippen molar-refractivity contribution in [2.75, 3.05) is 25.3 Å². The van der Waals surface area contributed by atoms with Crippen LogP contribution in [0.2, 0.25) is 0 Å². The van der Waals surface area contributed by atoms with Gasteiger partial charge in [-0.3, -0.25) is 0 Å². The van der Waals surface area contributed by atoms with Crippen molar-refractivity contribution in [3.8, 4) is 11.5 Å². The summed E-state index contributed by atoms with van der Waals surface area (Å²) in [5, 5.41) is 13.2. The molecule has 1 aromatic heterocycles. The van der Waals surface area contributed by atoms with E-state index in [9.17, 15) is 9.90 Å². The Morgan fingerprint density at radius 3 is 2.74 bits per heavy atom. The Balaban J connectivity index is 2.35. The van der Waals surface area contributed by atoms with E-state index in [0.717, 1.165) is 0 Å². The number of hydrogen-bond acceptors (Lipinski definition) is 8. The van der Waals surface area contributed by atoms with Crippen LogP contribution in [0.5, 0.6) is 11.5 Å². The van der Waals surface area contributed by atoms with Crippen molar-refractivity contribution in [2.45, 2.75) is 12.8 Å². The fourth-order valence-electron chi connectivity index (χ4n) is 3.12. The Bertz CT molecular complexity index is 1030. The first-order valence-corrected chi connectivity index (χ1v) is 9.00. The maximum absolute atomic E-state index is 12.6. The SMILES string of the molecule is COC(=O)C1=C(C)Nc2nc(=S)[nH]c(N)c2C1c1cc(Br)c(O)c(OC)c1. The average Bonchev–Trinajstić information content (AvgIpc) is 2.61. The number of carbonyl (C=O) groups is 1. The van der Waals surface area contributed by atoms with Gasteiger partial charge < -0.3 is 30.6 Å². The molecule has 3 rings (SSSR count). The quantitative estimate of drug-likeness (QED) is 0.413. The first-order valence-electron chi connectivity index (χ1n) is 7.80. The van der Waals surface area contributed by atoms with Gasteiger partial charge in [-0.2, -0.15) is 0 Å². The molecule has 27 heavy (non-hydrogen) atoms. The normalized spacial score (nSPS) is 15.8. The van der Waals surface area contributed by atoms with Gasteiger partial charge in [0.25, 0.3) is 0 Å². The number of hydrogen-bond donors (Lipinski definition) is 4. The number of methoxy groups -OCH3 is 2. The van der Waals surface area contributed by atoms with E-state index in [0.29, 0.717) is 32.7 Å². The monoisotopic (exact) mass is 452 g/mol. The van der Waals surface area contributed by atoms with Gasteiger partial charge in [-0.15, -0.1) is 0 Å². The highest BCUT2D eigenvalue weighted by Gasteiger charge is 2.36. The molecule has 5 N–H and O–H groups in total. The van der Waals surface area contributed by atoms with Crippen LogP contribution in [0.1, 0.15) is 24.0 Å². The standard InChI is InChI=1S/C17H17BrN4O4S/c1-6-10(16(24)26-3)11(7-4-8(18)13(23)9(5-7)25-2)12-14(19)21-17(27)22-15(12)20-6/h4-5,11,23H,1-3H3,(H4,19,20,21,22,27). The van der Waals surface area contributed by atoms with Gasteiger partial charge in [0.2, 0.25) is 0 Å². The molecule has 142 valence electrons. The van der Waals surface area contributed by atoms with E-state index >= 15 is 0 Å². The summed E-state index contributed by atoms with van der Waals surface area (Å²) in [6, 6.07) is 3.33. The number of carbonyl (C=O) groups excluding carboxylic acids is 1. The molecule has 1 aliphatic rings. The molecule has 2 heterocycles. The molecule has 0 fully saturated rings. The number of halogens is 1. The van der Waals surface area contributed by atoms with E-state index in [-0.39, 0.29) is 22.1 Å². The largest absolute Gasteiger partial charge is 0.503 e. The van der Waals surface area contributed by atoms with Crippen LogP contribution in [-0.2, 0) is 9.53 Å². The average molecular weight is 453 g/mol. The van der Waals surface area contributed by atoms with E-state index in [2.05, 4.69) is 31.2 Å². The van der Waals surface area contributed by atoms with Gasteiger partial charge in [-0.25, -0.2) is 9.78 Å². The molecule has 0 saturated carbocycles. The van der Waals surface area contributed by atoms with Crippen molar-refractivity contribution in [3.05, 3.63) is 43.8 Å². The molecule has 2 aromatic rings. The number of phenolic OH excluding ortho intramolecular Hbond substituents is 1. The fraction of sp³-hybridized carbons (Fsp3) is 0.235. The zero-order chi connectivity index (χ0) is 19.9. The Morgan fingerprint density at radius 2 is 2.11 bits per heavy atom. The number of H-pyrrole nitrogens is 1. The number of aromatic amines is 1. The molecule has 0 saturated heterocycles. The number of fused-ring (bicyclic) bond motifs is 1. The van der Waals surface area contributed by atoms with E-state index in [1.165, 1.54) is 14.2 Å². The first-order chi connectivity index (χ1) is 12.8. The third kappa shape index (κ3) is 3.26. The van der Waals surface area contributed by atoms with Crippen molar-refractivity contribution in [1.29, 1.82) is 0 Å². The molecule has 0 bridgehead atoms. The molecule has 0 radical (unpaired) electrons. The van der Waals surface area contributed by atoms with Crippen LogP contribution in [0.4, 0.5) is 11.6 Å². The lowest BCUT2D eigenvalue weighted by Gasteiger charge is -2.30. The van der Waals surface area contributed by atoms with Crippen molar-refractivity contribution in [3.63, 3.8) is 0 Å². The number of nitrogens with two attached hydrogens (primary N) is 1. The van der Waals surface area contributed by atoms with Crippen LogP contribution in [-0.4, -0.2) is 35.3 Å². The summed E-state index contributed by atoms with van der Waals surface area (Å²) in [6.45, 7) is 1.74. The third-order valence-electron chi connectivity index (χ3n) is 4.30. The van der Waals surface area contributed by atoms with Crippen LogP contribution < -0.4 is 15.8 Å². The topological polar surface area (TPSA) is 122 Å². The molecule has 1 unspecified atom stereocenters. The van der Waals surface area contributed by atoms with Crippen molar-refractivity contribution in [2.24, 2.45) is 0 Å². The Morgan fingerprint density at radius 1 is 1.41 bits per heavy atom. The summed E-state index contributed by atoms with van der Waals surface area (Å²) in [5.41, 5.74) is 8.32. The van der Waals surface area contributed by atoms with Crippen LogP contribution in [0, 0.1) is 4.77 Å². The van der Waals surface area contributed by atoms with Gasteiger partial charge >= 0.3 is 5.97 Å². The lowest BCUT2D eigenvalue weighted by Crippen LogP contribution is -2.26. The molecule has 0 spiro atoms.